The van der Waals surface area contributed by atoms with Crippen LogP contribution in [-0.2, 0) is 19.1 Å². The molecule has 1 amide bonds. The van der Waals surface area contributed by atoms with Crippen molar-refractivity contribution >= 4 is 27.8 Å². The lowest BCUT2D eigenvalue weighted by Crippen LogP contribution is -2.51. The third-order valence-electron chi connectivity index (χ3n) is 2.22. The van der Waals surface area contributed by atoms with Gasteiger partial charge in [-0.1, -0.05) is 15.9 Å². The molecule has 0 aromatic rings. The third kappa shape index (κ3) is 9.85. The second-order valence-electron chi connectivity index (χ2n) is 7.46. The standard InChI is InChI=1S/C15H28BrNO4/c1-13(2,3)20-9-10(11(18)21-14(4,5)6)17-12(19)15(7,8)16/h10H,9H2,1-8H3,(H,17,19). The predicted molar refractivity (Wildman–Crippen MR) is 86.5 cm³/mol. The molecule has 0 aliphatic rings. The van der Waals surface area contributed by atoms with Crippen LogP contribution in [-0.4, -0.2) is 40.1 Å². The van der Waals surface area contributed by atoms with Crippen LogP contribution in [0.4, 0.5) is 0 Å². The topological polar surface area (TPSA) is 64.6 Å². The highest BCUT2D eigenvalue weighted by atomic mass is 79.9. The van der Waals surface area contributed by atoms with Crippen molar-refractivity contribution in [1.29, 1.82) is 0 Å². The molecule has 6 heteroatoms. The largest absolute Gasteiger partial charge is 0.458 e. The van der Waals surface area contributed by atoms with E-state index in [0.717, 1.165) is 0 Å². The lowest BCUT2D eigenvalue weighted by molar-refractivity contribution is -0.162. The lowest BCUT2D eigenvalue weighted by Gasteiger charge is -2.28. The number of ether oxygens (including phenoxy) is 2. The molecular formula is C15H28BrNO4. The first-order valence-corrected chi connectivity index (χ1v) is 7.78. The number of alkyl halides is 1. The zero-order chi connectivity index (χ0) is 17.1. The van der Waals surface area contributed by atoms with Gasteiger partial charge < -0.3 is 14.8 Å². The summed E-state index contributed by atoms with van der Waals surface area (Å²) in [5, 5.41) is 2.67. The van der Waals surface area contributed by atoms with Crippen molar-refractivity contribution in [2.75, 3.05) is 6.61 Å². The molecule has 124 valence electrons. The van der Waals surface area contributed by atoms with E-state index in [1.165, 1.54) is 0 Å². The maximum Gasteiger partial charge on any atom is 0.331 e. The highest BCUT2D eigenvalue weighted by Gasteiger charge is 2.32. The van der Waals surface area contributed by atoms with Gasteiger partial charge in [0, 0.05) is 0 Å². The van der Waals surface area contributed by atoms with E-state index in [2.05, 4.69) is 21.2 Å². The van der Waals surface area contributed by atoms with Crippen LogP contribution in [0, 0.1) is 0 Å². The molecule has 1 unspecified atom stereocenters. The number of esters is 1. The Morgan fingerprint density at radius 2 is 1.48 bits per heavy atom. The molecule has 0 bridgehead atoms. The Balaban J connectivity index is 4.93. The average Bonchev–Trinajstić information content (AvgIpc) is 2.18. The second-order valence-corrected chi connectivity index (χ2v) is 9.44. The van der Waals surface area contributed by atoms with Crippen molar-refractivity contribution in [2.24, 2.45) is 0 Å². The Bertz CT molecular complexity index is 375. The first-order chi connectivity index (χ1) is 9.12. The van der Waals surface area contributed by atoms with Crippen LogP contribution in [0.2, 0.25) is 0 Å². The molecule has 5 nitrogen and oxygen atoms in total. The van der Waals surface area contributed by atoms with Gasteiger partial charge in [-0.2, -0.15) is 0 Å². The number of halogens is 1. The van der Waals surface area contributed by atoms with Crippen LogP contribution in [0.1, 0.15) is 55.4 Å². The van der Waals surface area contributed by atoms with Gasteiger partial charge in [0.2, 0.25) is 5.91 Å². The van der Waals surface area contributed by atoms with Gasteiger partial charge in [-0.25, -0.2) is 4.79 Å². The monoisotopic (exact) mass is 365 g/mol. The number of hydrogen-bond donors (Lipinski definition) is 1. The van der Waals surface area contributed by atoms with Crippen molar-refractivity contribution in [2.45, 2.75) is 77.0 Å². The van der Waals surface area contributed by atoms with Gasteiger partial charge in [0.25, 0.3) is 0 Å². The molecule has 0 aromatic heterocycles. The average molecular weight is 366 g/mol. The summed E-state index contributed by atoms with van der Waals surface area (Å²) in [5.74, 6) is -0.798. The Kier molecular flexibility index (Phi) is 6.88. The molecule has 1 atom stereocenters. The quantitative estimate of drug-likeness (QED) is 0.600. The van der Waals surface area contributed by atoms with Gasteiger partial charge in [0.05, 0.1) is 16.5 Å². The zero-order valence-corrected chi connectivity index (χ0v) is 15.9. The summed E-state index contributed by atoms with van der Waals surface area (Å²) in [4.78, 5) is 24.3. The fourth-order valence-electron chi connectivity index (χ4n) is 1.20. The van der Waals surface area contributed by atoms with Crippen LogP contribution in [0.5, 0.6) is 0 Å². The van der Waals surface area contributed by atoms with E-state index < -0.39 is 27.5 Å². The number of amides is 1. The Morgan fingerprint density at radius 1 is 1.00 bits per heavy atom. The molecule has 0 saturated heterocycles. The maximum atomic E-state index is 12.2. The fourth-order valence-corrected chi connectivity index (χ4v) is 1.32. The van der Waals surface area contributed by atoms with Crippen molar-refractivity contribution in [3.05, 3.63) is 0 Å². The van der Waals surface area contributed by atoms with E-state index in [-0.39, 0.29) is 12.5 Å². The summed E-state index contributed by atoms with van der Waals surface area (Å²) >= 11 is 3.27. The Hall–Kier alpha value is -0.620. The molecule has 0 spiro atoms. The molecule has 0 saturated carbocycles. The van der Waals surface area contributed by atoms with E-state index in [1.807, 2.05) is 20.8 Å². The molecule has 0 aromatic carbocycles. The van der Waals surface area contributed by atoms with Gasteiger partial charge >= 0.3 is 5.97 Å². The van der Waals surface area contributed by atoms with E-state index >= 15 is 0 Å². The molecule has 0 aliphatic heterocycles. The van der Waals surface area contributed by atoms with E-state index in [4.69, 9.17) is 9.47 Å². The van der Waals surface area contributed by atoms with Crippen LogP contribution in [0.3, 0.4) is 0 Å². The number of carbonyl (C=O) groups is 2. The Morgan fingerprint density at radius 3 is 1.81 bits per heavy atom. The summed E-state index contributed by atoms with van der Waals surface area (Å²) in [5.41, 5.74) is -1.03. The summed E-state index contributed by atoms with van der Waals surface area (Å²) < 4.78 is 10.2. The Labute approximate surface area is 136 Å². The molecule has 0 aliphatic carbocycles. The molecule has 0 rings (SSSR count). The summed E-state index contributed by atoms with van der Waals surface area (Å²) in [7, 11) is 0. The summed E-state index contributed by atoms with van der Waals surface area (Å²) in [6.07, 6.45) is 0. The molecular weight excluding hydrogens is 338 g/mol. The molecule has 0 heterocycles. The smallest absolute Gasteiger partial charge is 0.331 e. The van der Waals surface area contributed by atoms with Crippen molar-refractivity contribution in [3.63, 3.8) is 0 Å². The minimum absolute atomic E-state index is 0.0627. The number of carbonyl (C=O) groups excluding carboxylic acids is 2. The zero-order valence-electron chi connectivity index (χ0n) is 14.3. The molecule has 21 heavy (non-hydrogen) atoms. The fraction of sp³-hybridized carbons (Fsp3) is 0.867. The molecule has 1 N–H and O–H groups in total. The van der Waals surface area contributed by atoms with Gasteiger partial charge in [0.15, 0.2) is 6.04 Å². The lowest BCUT2D eigenvalue weighted by atomic mass is 10.1. The van der Waals surface area contributed by atoms with Crippen LogP contribution >= 0.6 is 15.9 Å². The summed E-state index contributed by atoms with van der Waals surface area (Å²) in [6.45, 7) is 14.5. The van der Waals surface area contributed by atoms with E-state index in [9.17, 15) is 9.59 Å². The predicted octanol–water partition coefficient (Wildman–Crippen LogP) is 2.80. The van der Waals surface area contributed by atoms with Crippen LogP contribution in [0.15, 0.2) is 0 Å². The molecule has 0 radical (unpaired) electrons. The van der Waals surface area contributed by atoms with Crippen molar-refractivity contribution in [1.82, 2.24) is 5.32 Å². The normalized spacial score (nSPS) is 14.5. The van der Waals surface area contributed by atoms with Crippen LogP contribution in [0.25, 0.3) is 0 Å². The maximum absolute atomic E-state index is 12.2. The minimum atomic E-state index is -0.840. The first-order valence-electron chi connectivity index (χ1n) is 6.98. The van der Waals surface area contributed by atoms with Gasteiger partial charge in [0.1, 0.15) is 5.60 Å². The highest BCUT2D eigenvalue weighted by Crippen LogP contribution is 2.17. The third-order valence-corrected chi connectivity index (χ3v) is 2.58. The number of nitrogens with one attached hydrogen (secondary N) is 1. The summed E-state index contributed by atoms with van der Waals surface area (Å²) in [6, 6.07) is -0.840. The minimum Gasteiger partial charge on any atom is -0.458 e. The van der Waals surface area contributed by atoms with Gasteiger partial charge in [-0.05, 0) is 55.4 Å². The molecule has 0 fully saturated rings. The first kappa shape index (κ1) is 20.4. The van der Waals surface area contributed by atoms with Gasteiger partial charge in [-0.3, -0.25) is 4.79 Å². The number of hydrogen-bond acceptors (Lipinski definition) is 4. The second kappa shape index (κ2) is 7.09. The SMILES string of the molecule is CC(C)(C)OCC(NC(=O)C(C)(C)Br)C(=O)OC(C)(C)C. The van der Waals surface area contributed by atoms with Crippen molar-refractivity contribution < 1.29 is 19.1 Å². The number of rotatable bonds is 5. The van der Waals surface area contributed by atoms with Gasteiger partial charge in [-0.15, -0.1) is 0 Å². The van der Waals surface area contributed by atoms with E-state index in [0.29, 0.717) is 0 Å². The van der Waals surface area contributed by atoms with Crippen LogP contribution < -0.4 is 5.32 Å². The highest BCUT2D eigenvalue weighted by molar-refractivity contribution is 9.10. The van der Waals surface area contributed by atoms with E-state index in [1.54, 1.807) is 34.6 Å². The van der Waals surface area contributed by atoms with Crippen molar-refractivity contribution in [3.8, 4) is 0 Å².